The lowest BCUT2D eigenvalue weighted by atomic mass is 10.4. The predicted molar refractivity (Wildman–Crippen MR) is 157 cm³/mol. The Balaban J connectivity index is -0.00000210. The SMILES string of the molecule is C.C.C.C.C[SiH](C)O[SiH](O[Si](C)(C)O[SiH](C)C)O[Si](C)(c1ccccc1)c1ccccc1. The van der Waals surface area contributed by atoms with E-state index < -0.39 is 44.5 Å². The van der Waals surface area contributed by atoms with Crippen molar-refractivity contribution in [1.29, 1.82) is 0 Å². The summed E-state index contributed by atoms with van der Waals surface area (Å²) in [6, 6.07) is 21.1. The van der Waals surface area contributed by atoms with Crippen LogP contribution in [0.25, 0.3) is 0 Å². The molecule has 9 heteroatoms. The fourth-order valence-corrected chi connectivity index (χ4v) is 18.7. The molecule has 0 aliphatic heterocycles. The first-order chi connectivity index (χ1) is 13.1. The van der Waals surface area contributed by atoms with Crippen molar-refractivity contribution >= 4 is 54.9 Å². The molecule has 32 heavy (non-hydrogen) atoms. The average molecular weight is 531 g/mol. The van der Waals surface area contributed by atoms with Gasteiger partial charge in [0.25, 0.3) is 0 Å². The Morgan fingerprint density at radius 1 is 0.562 bits per heavy atom. The van der Waals surface area contributed by atoms with Crippen LogP contribution in [0.2, 0.25) is 45.8 Å². The number of hydrogen-bond acceptors (Lipinski definition) is 4. The van der Waals surface area contributed by atoms with Crippen LogP contribution >= 0.6 is 0 Å². The summed E-state index contributed by atoms with van der Waals surface area (Å²) in [4.78, 5) is 0. The lowest BCUT2D eigenvalue weighted by Gasteiger charge is -2.36. The van der Waals surface area contributed by atoms with E-state index in [1.165, 1.54) is 10.4 Å². The molecule has 0 saturated carbocycles. The van der Waals surface area contributed by atoms with Gasteiger partial charge in [-0.1, -0.05) is 90.4 Å². The van der Waals surface area contributed by atoms with Gasteiger partial charge in [0.2, 0.25) is 8.32 Å². The van der Waals surface area contributed by atoms with Crippen LogP contribution in [0, 0.1) is 0 Å². The summed E-state index contributed by atoms with van der Waals surface area (Å²) >= 11 is 0. The molecule has 4 nitrogen and oxygen atoms in total. The molecule has 1 unspecified atom stereocenters. The van der Waals surface area contributed by atoms with E-state index in [4.69, 9.17) is 16.5 Å². The molecule has 0 heterocycles. The molecule has 2 rings (SSSR count). The summed E-state index contributed by atoms with van der Waals surface area (Å²) in [7, 11) is -9.61. The van der Waals surface area contributed by atoms with Gasteiger partial charge in [0.05, 0.1) is 0 Å². The van der Waals surface area contributed by atoms with Gasteiger partial charge in [0.15, 0.2) is 18.1 Å². The fourth-order valence-electron chi connectivity index (χ4n) is 3.14. The smallest absolute Gasteiger partial charge is 0.439 e. The molecule has 0 aliphatic carbocycles. The Hall–Kier alpha value is -0.636. The number of rotatable bonds is 10. The summed E-state index contributed by atoms with van der Waals surface area (Å²) in [5.41, 5.74) is 0. The van der Waals surface area contributed by atoms with E-state index in [1.807, 2.05) is 12.1 Å². The van der Waals surface area contributed by atoms with Gasteiger partial charge < -0.3 is 16.5 Å². The second-order valence-electron chi connectivity index (χ2n) is 8.04. The molecule has 0 aromatic heterocycles. The Labute approximate surface area is 207 Å². The lowest BCUT2D eigenvalue weighted by Crippen LogP contribution is -2.63. The van der Waals surface area contributed by atoms with Gasteiger partial charge in [-0.25, -0.2) is 0 Å². The van der Waals surface area contributed by atoms with Crippen LogP contribution in [0.4, 0.5) is 0 Å². The minimum absolute atomic E-state index is 0. The lowest BCUT2D eigenvalue weighted by molar-refractivity contribution is 0.276. The van der Waals surface area contributed by atoms with Crippen LogP contribution < -0.4 is 10.4 Å². The molecule has 0 aliphatic rings. The van der Waals surface area contributed by atoms with E-state index in [-0.39, 0.29) is 29.7 Å². The van der Waals surface area contributed by atoms with E-state index in [9.17, 15) is 0 Å². The van der Waals surface area contributed by atoms with E-state index in [0.29, 0.717) is 0 Å². The summed E-state index contributed by atoms with van der Waals surface area (Å²) in [6.07, 6.45) is 0. The van der Waals surface area contributed by atoms with Crippen LogP contribution in [0.1, 0.15) is 29.7 Å². The van der Waals surface area contributed by atoms with E-state index in [1.54, 1.807) is 0 Å². The molecule has 0 amide bonds. The van der Waals surface area contributed by atoms with Gasteiger partial charge in [-0.15, -0.1) is 0 Å². The molecule has 186 valence electrons. The van der Waals surface area contributed by atoms with Gasteiger partial charge in [-0.05, 0) is 56.2 Å². The minimum Gasteiger partial charge on any atom is -0.439 e. The van der Waals surface area contributed by atoms with Crippen molar-refractivity contribution in [2.24, 2.45) is 0 Å². The summed E-state index contributed by atoms with van der Waals surface area (Å²) in [5.74, 6) is 0. The maximum Gasteiger partial charge on any atom is 0.454 e. The topological polar surface area (TPSA) is 36.9 Å². The Kier molecular flexibility index (Phi) is 18.1. The maximum atomic E-state index is 6.88. The molecule has 2 aromatic carbocycles. The molecule has 0 bridgehead atoms. The maximum absolute atomic E-state index is 6.88. The van der Waals surface area contributed by atoms with E-state index in [0.717, 1.165) is 0 Å². The standard InChI is InChI=1S/C19H34O4Si5.4CH4/c1-24(2)20-26(22-27(5,6)21-25(3)4)23-28(7,18-14-10-8-11-15-18)19-16-12-9-13-17-19;;;;/h8-17,24-26H,1-7H3;4*1H4. The molecule has 0 radical (unpaired) electrons. The molecule has 0 N–H and O–H groups in total. The third kappa shape index (κ3) is 11.0. The molecule has 2 aromatic rings. The first kappa shape index (κ1) is 35.9. The normalized spacial score (nSPS) is 12.2. The molecule has 0 fully saturated rings. The van der Waals surface area contributed by atoms with Crippen LogP contribution in [0.15, 0.2) is 60.7 Å². The largest absolute Gasteiger partial charge is 0.454 e. The zero-order valence-electron chi connectivity index (χ0n) is 18.1. The first-order valence-electron chi connectivity index (χ1n) is 9.92. The quantitative estimate of drug-likeness (QED) is 0.387. The fraction of sp³-hybridized carbons (Fsp3) is 0.478. The third-order valence-electron chi connectivity index (χ3n) is 4.26. The van der Waals surface area contributed by atoms with Crippen LogP contribution in [-0.4, -0.2) is 44.5 Å². The van der Waals surface area contributed by atoms with Crippen molar-refractivity contribution < 1.29 is 16.5 Å². The zero-order chi connectivity index (χ0) is 20.8. The van der Waals surface area contributed by atoms with Gasteiger partial charge >= 0.3 is 18.1 Å². The van der Waals surface area contributed by atoms with Gasteiger partial charge in [0.1, 0.15) is 0 Å². The molecule has 0 saturated heterocycles. The van der Waals surface area contributed by atoms with E-state index in [2.05, 4.69) is 94.4 Å². The molecule has 1 atom stereocenters. The van der Waals surface area contributed by atoms with Crippen LogP contribution in [-0.2, 0) is 16.5 Å². The summed E-state index contributed by atoms with van der Waals surface area (Å²) in [6.45, 7) is 15.2. The predicted octanol–water partition coefficient (Wildman–Crippen LogP) is 5.37. The Morgan fingerprint density at radius 2 is 0.969 bits per heavy atom. The third-order valence-corrected chi connectivity index (χ3v) is 20.1. The zero-order valence-corrected chi connectivity index (χ0v) is 23.6. The number of hydrogen-bond donors (Lipinski definition) is 0. The Bertz CT molecular complexity index is 675. The second-order valence-corrected chi connectivity index (χ2v) is 22.8. The summed E-state index contributed by atoms with van der Waals surface area (Å²) < 4.78 is 26.0. The highest BCUT2D eigenvalue weighted by molar-refractivity contribution is 6.99. The van der Waals surface area contributed by atoms with Crippen molar-refractivity contribution in [3.05, 3.63) is 60.7 Å². The van der Waals surface area contributed by atoms with Crippen molar-refractivity contribution in [3.8, 4) is 0 Å². The number of benzene rings is 2. The monoisotopic (exact) mass is 530 g/mol. The highest BCUT2D eigenvalue weighted by atomic mass is 28.5. The van der Waals surface area contributed by atoms with Crippen molar-refractivity contribution in [1.82, 2.24) is 0 Å². The second kappa shape index (κ2) is 16.1. The van der Waals surface area contributed by atoms with Gasteiger partial charge in [-0.2, -0.15) is 0 Å². The molecule has 0 spiro atoms. The van der Waals surface area contributed by atoms with Crippen LogP contribution in [0.5, 0.6) is 0 Å². The summed E-state index contributed by atoms with van der Waals surface area (Å²) in [5, 5.41) is 2.46. The highest BCUT2D eigenvalue weighted by Gasteiger charge is 2.41. The van der Waals surface area contributed by atoms with Crippen molar-refractivity contribution in [2.75, 3.05) is 0 Å². The van der Waals surface area contributed by atoms with Crippen molar-refractivity contribution in [3.63, 3.8) is 0 Å². The Morgan fingerprint density at radius 3 is 1.31 bits per heavy atom. The first-order valence-corrected chi connectivity index (χ1v) is 22.1. The highest BCUT2D eigenvalue weighted by Crippen LogP contribution is 2.16. The molecular weight excluding hydrogens is 481 g/mol. The average Bonchev–Trinajstić information content (AvgIpc) is 2.61. The van der Waals surface area contributed by atoms with Crippen molar-refractivity contribution in [2.45, 2.75) is 75.5 Å². The van der Waals surface area contributed by atoms with Crippen LogP contribution in [0.3, 0.4) is 0 Å². The van der Waals surface area contributed by atoms with E-state index >= 15 is 0 Å². The minimum atomic E-state index is -2.46. The molecular formula is C23H50O4Si5. The van der Waals surface area contributed by atoms with Gasteiger partial charge in [-0.3, -0.25) is 0 Å². The van der Waals surface area contributed by atoms with Gasteiger partial charge in [0, 0.05) is 0 Å².